The molecular formula is C21H16ClN3O3S. The van der Waals surface area contributed by atoms with Gasteiger partial charge in [0.05, 0.1) is 10.6 Å². The van der Waals surface area contributed by atoms with Gasteiger partial charge in [-0.2, -0.15) is 0 Å². The number of fused-ring (bicyclic) bond motifs is 1. The van der Waals surface area contributed by atoms with Crippen LogP contribution in [0, 0.1) is 0 Å². The highest BCUT2D eigenvalue weighted by molar-refractivity contribution is 7.10. The Morgan fingerprint density at radius 1 is 1.28 bits per heavy atom. The summed E-state index contributed by atoms with van der Waals surface area (Å²) in [5.41, 5.74) is 3.95. The van der Waals surface area contributed by atoms with Crippen LogP contribution >= 0.6 is 22.9 Å². The Morgan fingerprint density at radius 3 is 2.86 bits per heavy atom. The molecule has 0 spiro atoms. The minimum atomic E-state index is -0.439. The van der Waals surface area contributed by atoms with E-state index in [1.165, 1.54) is 0 Å². The minimum absolute atomic E-state index is 0.245. The number of nitrogens with zero attached hydrogens (tertiary/aromatic N) is 2. The van der Waals surface area contributed by atoms with Gasteiger partial charge < -0.3 is 10.4 Å². The highest BCUT2D eigenvalue weighted by Crippen LogP contribution is 2.37. The summed E-state index contributed by atoms with van der Waals surface area (Å²) in [6, 6.07) is 14.4. The number of thiazole rings is 1. The van der Waals surface area contributed by atoms with Crippen LogP contribution < -0.4 is 10.2 Å². The molecule has 0 radical (unpaired) electrons. The Kier molecular flexibility index (Phi) is 5.08. The first-order chi connectivity index (χ1) is 13.9. The number of carbonyl (C=O) groups is 1. The molecule has 0 fully saturated rings. The van der Waals surface area contributed by atoms with Gasteiger partial charge in [-0.05, 0) is 37.3 Å². The quantitative estimate of drug-likeness (QED) is 0.643. The first-order valence-corrected chi connectivity index (χ1v) is 9.96. The van der Waals surface area contributed by atoms with E-state index in [9.17, 15) is 14.7 Å². The zero-order valence-corrected chi connectivity index (χ0v) is 16.9. The Morgan fingerprint density at radius 2 is 2.07 bits per heavy atom. The SMILES string of the molecule is CC1=Nc2ccccc2/C1=C\c1sc(=O)n(CC(=O)Nc2cccc(Cl)c2)c1O. The molecule has 0 unspecified atom stereocenters. The van der Waals surface area contributed by atoms with Crippen molar-refractivity contribution in [3.8, 4) is 5.88 Å². The van der Waals surface area contributed by atoms with Crippen molar-refractivity contribution >= 4 is 57.6 Å². The molecule has 1 aliphatic heterocycles. The monoisotopic (exact) mass is 425 g/mol. The van der Waals surface area contributed by atoms with E-state index in [2.05, 4.69) is 10.3 Å². The molecule has 0 aliphatic carbocycles. The normalized spacial score (nSPS) is 14.0. The molecule has 0 atom stereocenters. The van der Waals surface area contributed by atoms with Gasteiger partial charge in [-0.1, -0.05) is 47.2 Å². The summed E-state index contributed by atoms with van der Waals surface area (Å²) in [6.45, 7) is 1.57. The number of anilines is 1. The number of carbonyl (C=O) groups excluding carboxylic acids is 1. The zero-order valence-electron chi connectivity index (χ0n) is 15.3. The van der Waals surface area contributed by atoms with Crippen LogP contribution in [0.2, 0.25) is 5.02 Å². The smallest absolute Gasteiger partial charge is 0.311 e. The first-order valence-electron chi connectivity index (χ1n) is 8.77. The minimum Gasteiger partial charge on any atom is -0.493 e. The van der Waals surface area contributed by atoms with Gasteiger partial charge in [-0.25, -0.2) is 0 Å². The molecule has 1 amide bonds. The fraction of sp³-hybridized carbons (Fsp3) is 0.0952. The lowest BCUT2D eigenvalue weighted by atomic mass is 10.0. The van der Waals surface area contributed by atoms with E-state index in [1.54, 1.807) is 30.3 Å². The van der Waals surface area contributed by atoms with Crippen LogP contribution in [0.25, 0.3) is 11.6 Å². The number of aliphatic imine (C=N–C) groups is 1. The third kappa shape index (κ3) is 3.87. The molecule has 8 heteroatoms. The lowest BCUT2D eigenvalue weighted by Gasteiger charge is -2.07. The van der Waals surface area contributed by atoms with Crippen LogP contribution in [0.5, 0.6) is 5.88 Å². The number of nitrogens with one attached hydrogen (secondary N) is 1. The third-order valence-electron chi connectivity index (χ3n) is 4.45. The van der Waals surface area contributed by atoms with E-state index in [1.807, 2.05) is 31.2 Å². The van der Waals surface area contributed by atoms with Gasteiger partial charge in [-0.3, -0.25) is 19.1 Å². The van der Waals surface area contributed by atoms with E-state index < -0.39 is 10.8 Å². The number of benzene rings is 2. The second-order valence-corrected chi connectivity index (χ2v) is 7.90. The summed E-state index contributed by atoms with van der Waals surface area (Å²) >= 11 is 6.79. The second-order valence-electron chi connectivity index (χ2n) is 6.47. The molecule has 2 heterocycles. The zero-order chi connectivity index (χ0) is 20.5. The van der Waals surface area contributed by atoms with Gasteiger partial charge >= 0.3 is 4.87 Å². The topological polar surface area (TPSA) is 83.7 Å². The molecule has 3 aromatic rings. The Bertz CT molecular complexity index is 1240. The number of hydrogen-bond donors (Lipinski definition) is 2. The standard InChI is InChI=1S/C21H16ClN3O3S/c1-12-16(15-7-2-3-8-17(15)23-12)10-18-20(27)25(21(28)29-18)11-19(26)24-14-6-4-5-13(22)9-14/h2-10,27H,11H2,1H3,(H,24,26)/b16-10-. The maximum absolute atomic E-state index is 12.4. The molecule has 0 saturated carbocycles. The van der Waals surface area contributed by atoms with E-state index in [0.717, 1.165) is 38.4 Å². The Balaban J connectivity index is 1.60. The van der Waals surface area contributed by atoms with Crippen LogP contribution in [0.1, 0.15) is 17.4 Å². The number of para-hydroxylation sites is 1. The second kappa shape index (κ2) is 7.69. The van der Waals surface area contributed by atoms with Gasteiger partial charge in [0.1, 0.15) is 6.54 Å². The molecule has 2 N–H and O–H groups in total. The van der Waals surface area contributed by atoms with Crippen molar-refractivity contribution in [2.75, 3.05) is 5.32 Å². The van der Waals surface area contributed by atoms with Crippen molar-refractivity contribution in [1.29, 1.82) is 0 Å². The molecule has 2 aromatic carbocycles. The number of aromatic nitrogens is 1. The average Bonchev–Trinajstić information content (AvgIpc) is 3.13. The summed E-state index contributed by atoms with van der Waals surface area (Å²) in [5.74, 6) is -0.684. The molecular weight excluding hydrogens is 410 g/mol. The molecule has 1 aromatic heterocycles. The fourth-order valence-corrected chi connectivity index (χ4v) is 4.12. The van der Waals surface area contributed by atoms with Crippen molar-refractivity contribution in [3.05, 3.63) is 73.7 Å². The van der Waals surface area contributed by atoms with Crippen molar-refractivity contribution < 1.29 is 9.90 Å². The summed E-state index contributed by atoms with van der Waals surface area (Å²) in [7, 11) is 0. The number of halogens is 1. The predicted molar refractivity (Wildman–Crippen MR) is 117 cm³/mol. The molecule has 1 aliphatic rings. The molecule has 6 nitrogen and oxygen atoms in total. The van der Waals surface area contributed by atoms with Crippen molar-refractivity contribution in [2.24, 2.45) is 4.99 Å². The number of aromatic hydroxyl groups is 1. The lowest BCUT2D eigenvalue weighted by molar-refractivity contribution is -0.116. The summed E-state index contributed by atoms with van der Waals surface area (Å²) < 4.78 is 1.05. The van der Waals surface area contributed by atoms with Gasteiger partial charge in [0, 0.05) is 27.6 Å². The molecule has 4 rings (SSSR count). The lowest BCUT2D eigenvalue weighted by Crippen LogP contribution is -2.24. The maximum atomic E-state index is 12.4. The van der Waals surface area contributed by atoms with Gasteiger partial charge in [0.15, 0.2) is 0 Å². The largest absolute Gasteiger partial charge is 0.493 e. The van der Waals surface area contributed by atoms with Crippen LogP contribution in [-0.4, -0.2) is 21.3 Å². The van der Waals surface area contributed by atoms with E-state index >= 15 is 0 Å². The third-order valence-corrected chi connectivity index (χ3v) is 5.60. The number of rotatable bonds is 4. The Hall–Kier alpha value is -3.16. The molecule has 0 bridgehead atoms. The number of amides is 1. The predicted octanol–water partition coefficient (Wildman–Crippen LogP) is 4.55. The van der Waals surface area contributed by atoms with Crippen molar-refractivity contribution in [1.82, 2.24) is 4.57 Å². The highest BCUT2D eigenvalue weighted by Gasteiger charge is 2.20. The van der Waals surface area contributed by atoms with Crippen LogP contribution in [-0.2, 0) is 11.3 Å². The van der Waals surface area contributed by atoms with Crippen molar-refractivity contribution in [2.45, 2.75) is 13.5 Å². The van der Waals surface area contributed by atoms with Crippen LogP contribution in [0.15, 0.2) is 58.3 Å². The molecule has 0 saturated heterocycles. The van der Waals surface area contributed by atoms with Crippen LogP contribution in [0.3, 0.4) is 0 Å². The van der Waals surface area contributed by atoms with Gasteiger partial charge in [-0.15, -0.1) is 0 Å². The Labute approximate surface area is 175 Å². The highest BCUT2D eigenvalue weighted by atomic mass is 35.5. The summed E-state index contributed by atoms with van der Waals surface area (Å²) in [6.07, 6.45) is 1.73. The molecule has 146 valence electrons. The van der Waals surface area contributed by atoms with Gasteiger partial charge in [0.25, 0.3) is 0 Å². The number of allylic oxidation sites excluding steroid dienone is 1. The van der Waals surface area contributed by atoms with E-state index in [4.69, 9.17) is 11.6 Å². The van der Waals surface area contributed by atoms with Crippen LogP contribution in [0.4, 0.5) is 11.4 Å². The number of hydrogen-bond acceptors (Lipinski definition) is 5. The average molecular weight is 426 g/mol. The molecule has 29 heavy (non-hydrogen) atoms. The summed E-state index contributed by atoms with van der Waals surface area (Å²) in [4.78, 5) is 29.1. The maximum Gasteiger partial charge on any atom is 0.311 e. The van der Waals surface area contributed by atoms with E-state index in [0.29, 0.717) is 15.6 Å². The summed E-state index contributed by atoms with van der Waals surface area (Å²) in [5, 5.41) is 13.7. The fourth-order valence-electron chi connectivity index (χ4n) is 3.11. The van der Waals surface area contributed by atoms with E-state index in [-0.39, 0.29) is 12.4 Å². The van der Waals surface area contributed by atoms with Crippen molar-refractivity contribution in [3.63, 3.8) is 0 Å². The first kappa shape index (κ1) is 19.2. The van der Waals surface area contributed by atoms with Gasteiger partial charge in [0.2, 0.25) is 11.8 Å².